The van der Waals surface area contributed by atoms with Gasteiger partial charge in [0.1, 0.15) is 7.11 Å². The molecule has 1 N–H and O–H groups in total. The third-order valence-corrected chi connectivity index (χ3v) is 4.77. The number of amides is 1. The molecule has 1 aliphatic rings. The molecule has 0 aromatic heterocycles. The second kappa shape index (κ2) is 8.02. The zero-order valence-electron chi connectivity index (χ0n) is 15.3. The molecule has 1 fully saturated rings. The molecule has 1 heterocycles. The average Bonchev–Trinajstić information content (AvgIpc) is 3.11. The third kappa shape index (κ3) is 3.83. The summed E-state index contributed by atoms with van der Waals surface area (Å²) in [5.74, 6) is -0.149. The average molecular weight is 363 g/mol. The number of hydrogen-bond acceptors (Lipinski definition) is 5. The van der Waals surface area contributed by atoms with Gasteiger partial charge in [0.2, 0.25) is 0 Å². The first-order valence-corrected chi connectivity index (χ1v) is 8.69. The summed E-state index contributed by atoms with van der Waals surface area (Å²) in [6.07, 6.45) is 0.508. The Morgan fingerprint density at radius 1 is 1.33 bits per heavy atom. The van der Waals surface area contributed by atoms with E-state index in [1.54, 1.807) is 23.1 Å². The molecule has 1 saturated heterocycles. The maximum Gasteiger partial charge on any atom is 0.254 e. The standard InChI is InChI=1S/C21H21N3O3/c1-14-3-4-15(11-22)9-20(14)16-5-7-17(8-6-16)21(26)24-12-18(23-27-2)10-19(24)13-25/h3-9,19,25H,10,12-13H2,1-2H3/b23-18+/t19-/m0/s1. The van der Waals surface area contributed by atoms with Gasteiger partial charge in [-0.25, -0.2) is 0 Å². The van der Waals surface area contributed by atoms with Gasteiger partial charge in [0.25, 0.3) is 5.91 Å². The highest BCUT2D eigenvalue weighted by molar-refractivity contribution is 6.00. The van der Waals surface area contributed by atoms with Gasteiger partial charge in [0, 0.05) is 12.0 Å². The number of hydrogen-bond donors (Lipinski definition) is 1. The van der Waals surface area contributed by atoms with E-state index >= 15 is 0 Å². The van der Waals surface area contributed by atoms with Crippen LogP contribution in [0.1, 0.15) is 27.9 Å². The van der Waals surface area contributed by atoms with Crippen LogP contribution in [0, 0.1) is 18.3 Å². The molecule has 6 nitrogen and oxygen atoms in total. The van der Waals surface area contributed by atoms with Crippen LogP contribution in [0.15, 0.2) is 47.6 Å². The summed E-state index contributed by atoms with van der Waals surface area (Å²) >= 11 is 0. The number of oxime groups is 1. The van der Waals surface area contributed by atoms with Crippen molar-refractivity contribution in [2.45, 2.75) is 19.4 Å². The smallest absolute Gasteiger partial charge is 0.254 e. The Balaban J connectivity index is 1.84. The van der Waals surface area contributed by atoms with Crippen molar-refractivity contribution in [1.29, 1.82) is 5.26 Å². The number of rotatable bonds is 4. The fourth-order valence-electron chi connectivity index (χ4n) is 3.33. The van der Waals surface area contributed by atoms with Crippen LogP contribution in [0.3, 0.4) is 0 Å². The molecule has 1 amide bonds. The molecule has 6 heteroatoms. The summed E-state index contributed by atoms with van der Waals surface area (Å²) in [6, 6.07) is 14.7. The molecule has 3 rings (SSSR count). The van der Waals surface area contributed by atoms with Crippen LogP contribution >= 0.6 is 0 Å². The van der Waals surface area contributed by atoms with Gasteiger partial charge in [-0.15, -0.1) is 0 Å². The molecule has 138 valence electrons. The minimum atomic E-state index is -0.291. The van der Waals surface area contributed by atoms with E-state index in [9.17, 15) is 9.90 Å². The van der Waals surface area contributed by atoms with Crippen molar-refractivity contribution in [3.05, 3.63) is 59.2 Å². The highest BCUT2D eigenvalue weighted by Crippen LogP contribution is 2.26. The molecule has 0 radical (unpaired) electrons. The van der Waals surface area contributed by atoms with Crippen LogP contribution in [0.5, 0.6) is 0 Å². The fourth-order valence-corrected chi connectivity index (χ4v) is 3.33. The minimum absolute atomic E-state index is 0.118. The van der Waals surface area contributed by atoms with E-state index in [1.165, 1.54) is 7.11 Å². The van der Waals surface area contributed by atoms with Gasteiger partial charge in [-0.1, -0.05) is 23.4 Å². The van der Waals surface area contributed by atoms with Gasteiger partial charge in [-0.05, 0) is 47.9 Å². The van der Waals surface area contributed by atoms with Crippen LogP contribution in [-0.2, 0) is 4.84 Å². The van der Waals surface area contributed by atoms with Crippen molar-refractivity contribution in [3.63, 3.8) is 0 Å². The van der Waals surface area contributed by atoms with Crippen molar-refractivity contribution in [2.24, 2.45) is 5.16 Å². The molecule has 0 spiro atoms. The number of aliphatic hydroxyl groups is 1. The lowest BCUT2D eigenvalue weighted by Crippen LogP contribution is -2.37. The number of likely N-dealkylation sites (tertiary alicyclic amines) is 1. The normalized spacial score (nSPS) is 17.8. The third-order valence-electron chi connectivity index (χ3n) is 4.77. The van der Waals surface area contributed by atoms with Gasteiger partial charge < -0.3 is 14.8 Å². The minimum Gasteiger partial charge on any atom is -0.399 e. The number of carbonyl (C=O) groups is 1. The first-order chi connectivity index (χ1) is 13.1. The van der Waals surface area contributed by atoms with Crippen molar-refractivity contribution >= 4 is 11.6 Å². The molecule has 2 aromatic carbocycles. The van der Waals surface area contributed by atoms with Crippen molar-refractivity contribution in [2.75, 3.05) is 20.3 Å². The van der Waals surface area contributed by atoms with Crippen LogP contribution in [0.25, 0.3) is 11.1 Å². The number of carbonyl (C=O) groups excluding carboxylic acids is 1. The molecule has 2 aromatic rings. The molecule has 0 saturated carbocycles. The van der Waals surface area contributed by atoms with Crippen LogP contribution in [0.4, 0.5) is 0 Å². The van der Waals surface area contributed by atoms with Gasteiger partial charge >= 0.3 is 0 Å². The van der Waals surface area contributed by atoms with Gasteiger partial charge in [0.15, 0.2) is 0 Å². The van der Waals surface area contributed by atoms with E-state index in [2.05, 4.69) is 11.2 Å². The van der Waals surface area contributed by atoms with Crippen LogP contribution in [-0.4, -0.2) is 47.9 Å². The summed E-state index contributed by atoms with van der Waals surface area (Å²) in [4.78, 5) is 19.3. The predicted octanol–water partition coefficient (Wildman–Crippen LogP) is 2.74. The summed E-state index contributed by atoms with van der Waals surface area (Å²) < 4.78 is 0. The fraction of sp³-hybridized carbons (Fsp3) is 0.286. The summed E-state index contributed by atoms with van der Waals surface area (Å²) in [7, 11) is 1.47. The zero-order valence-corrected chi connectivity index (χ0v) is 15.3. The van der Waals surface area contributed by atoms with Crippen LogP contribution < -0.4 is 0 Å². The van der Waals surface area contributed by atoms with E-state index in [0.717, 1.165) is 22.4 Å². The first kappa shape index (κ1) is 18.6. The molecule has 1 atom stereocenters. The second-order valence-electron chi connectivity index (χ2n) is 6.53. The van der Waals surface area contributed by atoms with Gasteiger partial charge in [0.05, 0.1) is 36.5 Å². The maximum atomic E-state index is 12.9. The molecule has 27 heavy (non-hydrogen) atoms. The highest BCUT2D eigenvalue weighted by atomic mass is 16.6. The zero-order chi connectivity index (χ0) is 19.4. The highest BCUT2D eigenvalue weighted by Gasteiger charge is 2.33. The molecule has 0 aliphatic carbocycles. The lowest BCUT2D eigenvalue weighted by Gasteiger charge is -2.22. The summed E-state index contributed by atoms with van der Waals surface area (Å²) in [6.45, 7) is 2.22. The number of nitriles is 1. The Hall–Kier alpha value is -3.17. The maximum absolute atomic E-state index is 12.9. The Labute approximate surface area is 158 Å². The largest absolute Gasteiger partial charge is 0.399 e. The van der Waals surface area contributed by atoms with Crippen LogP contribution in [0.2, 0.25) is 0 Å². The number of nitrogens with zero attached hydrogens (tertiary/aromatic N) is 3. The van der Waals surface area contributed by atoms with E-state index in [4.69, 9.17) is 10.1 Å². The Kier molecular flexibility index (Phi) is 5.53. The monoisotopic (exact) mass is 363 g/mol. The van der Waals surface area contributed by atoms with E-state index in [1.807, 2.05) is 31.2 Å². The number of aryl methyl sites for hydroxylation is 1. The molecule has 0 unspecified atom stereocenters. The second-order valence-corrected chi connectivity index (χ2v) is 6.53. The molecular weight excluding hydrogens is 342 g/mol. The van der Waals surface area contributed by atoms with Crippen molar-refractivity contribution < 1.29 is 14.7 Å². The van der Waals surface area contributed by atoms with E-state index in [-0.39, 0.29) is 18.6 Å². The molecular formula is C21H21N3O3. The quantitative estimate of drug-likeness (QED) is 0.847. The number of benzene rings is 2. The lowest BCUT2D eigenvalue weighted by molar-refractivity contribution is 0.0680. The Morgan fingerprint density at radius 3 is 2.70 bits per heavy atom. The SMILES string of the molecule is CO/N=C1\C[C@@H](CO)N(C(=O)c2ccc(-c3cc(C#N)ccc3C)cc2)C1. The van der Waals surface area contributed by atoms with Crippen molar-refractivity contribution in [1.82, 2.24) is 4.90 Å². The predicted molar refractivity (Wildman–Crippen MR) is 102 cm³/mol. The first-order valence-electron chi connectivity index (χ1n) is 8.69. The van der Waals surface area contributed by atoms with Crippen molar-refractivity contribution in [3.8, 4) is 17.2 Å². The summed E-state index contributed by atoms with van der Waals surface area (Å²) in [5.41, 5.74) is 4.87. The number of aliphatic hydroxyl groups excluding tert-OH is 1. The topological polar surface area (TPSA) is 85.9 Å². The Bertz CT molecular complexity index is 913. The molecule has 0 bridgehead atoms. The van der Waals surface area contributed by atoms with Gasteiger partial charge in [-0.3, -0.25) is 4.79 Å². The lowest BCUT2D eigenvalue weighted by atomic mass is 9.97. The van der Waals surface area contributed by atoms with Gasteiger partial charge in [-0.2, -0.15) is 5.26 Å². The summed E-state index contributed by atoms with van der Waals surface area (Å²) in [5, 5.41) is 22.6. The molecule has 1 aliphatic heterocycles. The Morgan fingerprint density at radius 2 is 2.07 bits per heavy atom. The van der Waals surface area contributed by atoms with E-state index in [0.29, 0.717) is 24.1 Å². The van der Waals surface area contributed by atoms with E-state index < -0.39 is 0 Å².